The molecule has 11 nitrogen and oxygen atoms in total. The SMILES string of the molecule is CN(C)c1cc(CNOC(C)(C)C)c(O)c2c1CC1CC3C(C(=O)C(C(N)=O)=C(O)[C@@H]3N(C)C)C(=O)C1=C2O. The Morgan fingerprint density at radius 1 is 1.13 bits per heavy atom. The smallest absolute Gasteiger partial charge is 0.255 e. The number of ketones is 2. The van der Waals surface area contributed by atoms with Crippen LogP contribution in [0.15, 0.2) is 23.0 Å². The normalized spacial score (nSPS) is 25.0. The summed E-state index contributed by atoms with van der Waals surface area (Å²) in [4.78, 5) is 48.5. The van der Waals surface area contributed by atoms with Gasteiger partial charge in [0.1, 0.15) is 22.8 Å². The number of hydrogen-bond acceptors (Lipinski definition) is 10. The number of hydroxylamine groups is 1. The third kappa shape index (κ3) is 4.79. The number of amides is 1. The molecular formula is C28H38N4O7. The first-order chi connectivity index (χ1) is 18.1. The molecule has 0 spiro atoms. The van der Waals surface area contributed by atoms with E-state index in [1.165, 1.54) is 0 Å². The molecular weight excluding hydrogens is 504 g/mol. The highest BCUT2D eigenvalue weighted by Crippen LogP contribution is 2.52. The Kier molecular flexibility index (Phi) is 7.30. The van der Waals surface area contributed by atoms with Crippen molar-refractivity contribution in [2.24, 2.45) is 23.5 Å². The maximum absolute atomic E-state index is 13.9. The van der Waals surface area contributed by atoms with Crippen LogP contribution in [0.3, 0.4) is 0 Å². The Labute approximate surface area is 227 Å². The minimum absolute atomic E-state index is 0.0517. The Bertz CT molecular complexity index is 1310. The summed E-state index contributed by atoms with van der Waals surface area (Å²) in [6, 6.07) is 1.04. The molecule has 0 bridgehead atoms. The number of nitrogens with two attached hydrogens (primary N) is 1. The Morgan fingerprint density at radius 3 is 2.31 bits per heavy atom. The maximum Gasteiger partial charge on any atom is 0.255 e. The highest BCUT2D eigenvalue weighted by molar-refractivity contribution is 6.28. The van der Waals surface area contributed by atoms with Crippen molar-refractivity contribution in [1.82, 2.24) is 10.4 Å². The van der Waals surface area contributed by atoms with Gasteiger partial charge in [0.15, 0.2) is 11.6 Å². The topological polar surface area (TPSA) is 166 Å². The summed E-state index contributed by atoms with van der Waals surface area (Å²) in [6.07, 6.45) is 0.634. The summed E-state index contributed by atoms with van der Waals surface area (Å²) in [7, 11) is 7.09. The number of rotatable bonds is 6. The van der Waals surface area contributed by atoms with Gasteiger partial charge in [0.25, 0.3) is 5.91 Å². The predicted molar refractivity (Wildman–Crippen MR) is 145 cm³/mol. The number of fused-ring (bicyclic) bond motifs is 3. The Hall–Kier alpha value is -3.41. The predicted octanol–water partition coefficient (Wildman–Crippen LogP) is 1.73. The number of phenols is 1. The van der Waals surface area contributed by atoms with Crippen LogP contribution in [0, 0.1) is 17.8 Å². The van der Waals surface area contributed by atoms with E-state index in [1.807, 2.05) is 45.8 Å². The number of Topliss-reactive ketones (excluding diaryl/α,β-unsaturated/α-hetero) is 2. The second kappa shape index (κ2) is 9.96. The molecule has 4 atom stereocenters. The number of aliphatic hydroxyl groups is 2. The highest BCUT2D eigenvalue weighted by atomic mass is 16.7. The van der Waals surface area contributed by atoms with Crippen LogP contribution in [0.25, 0.3) is 5.76 Å². The van der Waals surface area contributed by atoms with Crippen molar-refractivity contribution < 1.29 is 34.5 Å². The second-order valence-electron chi connectivity index (χ2n) is 12.0. The van der Waals surface area contributed by atoms with E-state index in [-0.39, 0.29) is 29.2 Å². The lowest BCUT2D eigenvalue weighted by molar-refractivity contribution is -0.136. The van der Waals surface area contributed by atoms with Gasteiger partial charge in [0.05, 0.1) is 23.1 Å². The van der Waals surface area contributed by atoms with Crippen LogP contribution in [-0.2, 0) is 32.2 Å². The molecule has 39 heavy (non-hydrogen) atoms. The molecule has 3 aliphatic rings. The summed E-state index contributed by atoms with van der Waals surface area (Å²) in [5.41, 5.74) is 9.32. The largest absolute Gasteiger partial charge is 0.510 e. The molecule has 1 amide bonds. The molecule has 1 aromatic rings. The van der Waals surface area contributed by atoms with Crippen molar-refractivity contribution in [3.05, 3.63) is 39.7 Å². The number of phenolic OH excluding ortho intramolecular Hbond substituents is 1. The number of aromatic hydroxyl groups is 1. The average molecular weight is 543 g/mol. The fraction of sp³-hybridized carbons (Fsp3) is 0.536. The zero-order valence-corrected chi connectivity index (χ0v) is 23.5. The number of nitrogens with one attached hydrogen (secondary N) is 1. The van der Waals surface area contributed by atoms with Crippen molar-refractivity contribution in [1.29, 1.82) is 0 Å². The first-order valence-corrected chi connectivity index (χ1v) is 12.9. The van der Waals surface area contributed by atoms with Gasteiger partial charge in [-0.25, -0.2) is 0 Å². The van der Waals surface area contributed by atoms with Gasteiger partial charge in [-0.3, -0.25) is 24.1 Å². The molecule has 0 aromatic heterocycles. The molecule has 1 aromatic carbocycles. The molecule has 3 aliphatic carbocycles. The molecule has 0 aliphatic heterocycles. The molecule has 0 radical (unpaired) electrons. The summed E-state index contributed by atoms with van der Waals surface area (Å²) in [5, 5.41) is 33.7. The standard InChI is InChI=1S/C28H38N4O7/c1-28(2,3)39-30-11-13-10-16(31(4)5)14-8-12-9-15-19(24(35)17(12)23(34)18(14)22(13)33)25(36)20(27(29)38)26(37)21(15)32(6)7/h10,12,15,19,21,30,33-34,37H,8-9,11H2,1-7H3,(H2,29,38)/t12?,15?,19?,21-/m1/s1. The number of anilines is 1. The van der Waals surface area contributed by atoms with Crippen LogP contribution in [0.5, 0.6) is 5.75 Å². The summed E-state index contributed by atoms with van der Waals surface area (Å²) in [5.74, 6) is -5.93. The Balaban J connectivity index is 1.85. The molecule has 1 saturated carbocycles. The number of likely N-dealkylation sites (N-methyl/N-ethyl adjacent to an activating group) is 1. The summed E-state index contributed by atoms with van der Waals surface area (Å²) < 4.78 is 0. The lowest BCUT2D eigenvalue weighted by Gasteiger charge is -2.46. The number of benzene rings is 1. The van der Waals surface area contributed by atoms with E-state index in [0.717, 1.165) is 5.69 Å². The van der Waals surface area contributed by atoms with Gasteiger partial charge in [0.2, 0.25) is 0 Å². The van der Waals surface area contributed by atoms with Gasteiger partial charge in [-0.1, -0.05) is 0 Å². The van der Waals surface area contributed by atoms with E-state index >= 15 is 0 Å². The van der Waals surface area contributed by atoms with Crippen molar-refractivity contribution in [3.8, 4) is 5.75 Å². The summed E-state index contributed by atoms with van der Waals surface area (Å²) >= 11 is 0. The fourth-order valence-corrected chi connectivity index (χ4v) is 6.23. The lowest BCUT2D eigenvalue weighted by atomic mass is 9.59. The van der Waals surface area contributed by atoms with Crippen LogP contribution in [0.2, 0.25) is 0 Å². The fourth-order valence-electron chi connectivity index (χ4n) is 6.23. The molecule has 0 heterocycles. The molecule has 212 valence electrons. The van der Waals surface area contributed by atoms with Gasteiger partial charge >= 0.3 is 0 Å². The average Bonchev–Trinajstić information content (AvgIpc) is 2.78. The number of hydrogen-bond donors (Lipinski definition) is 5. The molecule has 6 N–H and O–H groups in total. The van der Waals surface area contributed by atoms with E-state index in [4.69, 9.17) is 10.6 Å². The van der Waals surface area contributed by atoms with Gasteiger partial charge < -0.3 is 26.0 Å². The molecule has 1 fully saturated rings. The van der Waals surface area contributed by atoms with E-state index in [1.54, 1.807) is 19.0 Å². The molecule has 3 unspecified atom stereocenters. The number of carbonyl (C=O) groups is 3. The highest BCUT2D eigenvalue weighted by Gasteiger charge is 2.56. The number of carbonyl (C=O) groups excluding carboxylic acids is 3. The van der Waals surface area contributed by atoms with E-state index in [0.29, 0.717) is 24.0 Å². The lowest BCUT2D eigenvalue weighted by Crippen LogP contribution is -2.55. The van der Waals surface area contributed by atoms with Crippen LogP contribution in [-0.4, -0.2) is 77.5 Å². The third-order valence-electron chi connectivity index (χ3n) is 7.74. The Morgan fingerprint density at radius 2 is 1.77 bits per heavy atom. The van der Waals surface area contributed by atoms with Crippen LogP contribution < -0.4 is 16.1 Å². The molecule has 4 rings (SSSR count). The van der Waals surface area contributed by atoms with Crippen molar-refractivity contribution in [3.63, 3.8) is 0 Å². The molecule has 0 saturated heterocycles. The van der Waals surface area contributed by atoms with Crippen LogP contribution in [0.1, 0.15) is 43.9 Å². The van der Waals surface area contributed by atoms with Gasteiger partial charge in [-0.2, -0.15) is 5.48 Å². The number of allylic oxidation sites excluding steroid dienone is 1. The zero-order valence-electron chi connectivity index (χ0n) is 23.5. The minimum Gasteiger partial charge on any atom is -0.510 e. The van der Waals surface area contributed by atoms with E-state index < -0.39 is 58.2 Å². The first-order valence-electron chi connectivity index (χ1n) is 12.9. The van der Waals surface area contributed by atoms with Crippen molar-refractivity contribution in [2.75, 3.05) is 33.1 Å². The van der Waals surface area contributed by atoms with E-state index in [9.17, 15) is 29.7 Å². The van der Waals surface area contributed by atoms with Crippen LogP contribution >= 0.6 is 0 Å². The summed E-state index contributed by atoms with van der Waals surface area (Å²) in [6.45, 7) is 5.77. The first kappa shape index (κ1) is 28.6. The van der Waals surface area contributed by atoms with Crippen molar-refractivity contribution >= 4 is 28.9 Å². The minimum atomic E-state index is -1.29. The number of aliphatic hydroxyl groups excluding tert-OH is 2. The maximum atomic E-state index is 13.9. The van der Waals surface area contributed by atoms with E-state index in [2.05, 4.69) is 5.48 Å². The monoisotopic (exact) mass is 542 g/mol. The second-order valence-corrected chi connectivity index (χ2v) is 12.0. The third-order valence-corrected chi connectivity index (χ3v) is 7.74. The van der Waals surface area contributed by atoms with Gasteiger partial charge in [-0.15, -0.1) is 0 Å². The van der Waals surface area contributed by atoms with Crippen LogP contribution in [0.4, 0.5) is 5.69 Å². The zero-order chi connectivity index (χ0) is 29.1. The quantitative estimate of drug-likeness (QED) is 0.203. The molecule has 11 heteroatoms. The van der Waals surface area contributed by atoms with Gasteiger partial charge in [0, 0.05) is 37.5 Å². The van der Waals surface area contributed by atoms with Crippen molar-refractivity contribution in [2.45, 2.75) is 51.8 Å². The number of nitrogens with zero attached hydrogens (tertiary/aromatic N) is 2. The van der Waals surface area contributed by atoms with Gasteiger partial charge in [-0.05, 0) is 71.2 Å². The number of primary amides is 1.